The molecule has 1 N–H and O–H groups in total. The minimum Gasteiger partial charge on any atom is -0.478 e. The van der Waals surface area contributed by atoms with Gasteiger partial charge in [0.1, 0.15) is 0 Å². The Balaban J connectivity index is 3.39. The van der Waals surface area contributed by atoms with Crippen molar-refractivity contribution in [1.82, 2.24) is 0 Å². The topological polar surface area (TPSA) is 54.4 Å². The number of carbonyl (C=O) groups excluding carboxylic acids is 1. The predicted molar refractivity (Wildman–Crippen MR) is 43.8 cm³/mol. The molecule has 1 aromatic carbocycles. The van der Waals surface area contributed by atoms with Crippen LogP contribution in [0.1, 0.15) is 20.7 Å². The molecule has 0 aliphatic rings. The van der Waals surface area contributed by atoms with Gasteiger partial charge in [0.25, 0.3) is 0 Å². The van der Waals surface area contributed by atoms with Crippen molar-refractivity contribution in [2.75, 3.05) is 0 Å². The molecule has 62 valence electrons. The second kappa shape index (κ2) is 3.36. The predicted octanol–water partition coefficient (Wildman–Crippen LogP) is 1.85. The molecule has 1 rings (SSSR count). The third kappa shape index (κ3) is 1.46. The first-order chi connectivity index (χ1) is 5.66. The highest BCUT2D eigenvalue weighted by atomic mass is 35.5. The second-order valence-corrected chi connectivity index (χ2v) is 2.53. The second-order valence-electron chi connectivity index (χ2n) is 2.13. The van der Waals surface area contributed by atoms with Crippen molar-refractivity contribution in [3.05, 3.63) is 34.3 Å². The van der Waals surface area contributed by atoms with Crippen molar-refractivity contribution in [2.24, 2.45) is 0 Å². The molecule has 4 heteroatoms. The lowest BCUT2D eigenvalue weighted by atomic mass is 10.1. The van der Waals surface area contributed by atoms with Crippen LogP contribution < -0.4 is 0 Å². The molecule has 0 unspecified atom stereocenters. The summed E-state index contributed by atoms with van der Waals surface area (Å²) in [7, 11) is 0. The van der Waals surface area contributed by atoms with Crippen molar-refractivity contribution >= 4 is 23.9 Å². The first-order valence-corrected chi connectivity index (χ1v) is 3.51. The van der Waals surface area contributed by atoms with Gasteiger partial charge in [-0.25, -0.2) is 4.79 Å². The number of carbonyl (C=O) groups is 2. The van der Waals surface area contributed by atoms with Gasteiger partial charge in [0, 0.05) is 5.56 Å². The van der Waals surface area contributed by atoms with E-state index in [1.807, 2.05) is 0 Å². The molecule has 0 spiro atoms. The lowest BCUT2D eigenvalue weighted by Gasteiger charge is -1.99. The average molecular weight is 185 g/mol. The van der Waals surface area contributed by atoms with Gasteiger partial charge in [-0.3, -0.25) is 4.79 Å². The van der Waals surface area contributed by atoms with E-state index in [9.17, 15) is 9.59 Å². The van der Waals surface area contributed by atoms with Gasteiger partial charge in [-0.1, -0.05) is 23.7 Å². The number of benzene rings is 1. The number of carboxylic acids is 1. The van der Waals surface area contributed by atoms with E-state index in [-0.39, 0.29) is 16.1 Å². The van der Waals surface area contributed by atoms with E-state index in [1.54, 1.807) is 0 Å². The van der Waals surface area contributed by atoms with Gasteiger partial charge >= 0.3 is 5.97 Å². The summed E-state index contributed by atoms with van der Waals surface area (Å²) in [6.07, 6.45) is 0.468. The highest BCUT2D eigenvalue weighted by Crippen LogP contribution is 2.18. The molecule has 0 radical (unpaired) electrons. The number of hydrogen-bond donors (Lipinski definition) is 1. The van der Waals surface area contributed by atoms with Crippen LogP contribution in [0.4, 0.5) is 0 Å². The highest BCUT2D eigenvalue weighted by molar-refractivity contribution is 6.34. The molecule has 0 amide bonds. The number of halogens is 1. The van der Waals surface area contributed by atoms with Crippen LogP contribution in [0.5, 0.6) is 0 Å². The summed E-state index contributed by atoms with van der Waals surface area (Å²) in [5.41, 5.74) is -0.0517. The van der Waals surface area contributed by atoms with Crippen LogP contribution in [0.25, 0.3) is 0 Å². The van der Waals surface area contributed by atoms with E-state index in [0.717, 1.165) is 0 Å². The Morgan fingerprint density at radius 2 is 2.17 bits per heavy atom. The van der Waals surface area contributed by atoms with E-state index in [0.29, 0.717) is 6.29 Å². The van der Waals surface area contributed by atoms with Gasteiger partial charge in [0.15, 0.2) is 6.29 Å². The minimum absolute atomic E-state index is 0.0760. The van der Waals surface area contributed by atoms with E-state index < -0.39 is 5.97 Å². The summed E-state index contributed by atoms with van der Waals surface area (Å²) >= 11 is 5.56. The molecule has 0 aromatic heterocycles. The van der Waals surface area contributed by atoms with Gasteiger partial charge < -0.3 is 5.11 Å². The Hall–Kier alpha value is -1.35. The number of aromatic carboxylic acids is 1. The Labute approximate surface area is 73.6 Å². The normalized spacial score (nSPS) is 9.42. The van der Waals surface area contributed by atoms with Gasteiger partial charge in [-0.15, -0.1) is 0 Å². The van der Waals surface area contributed by atoms with Crippen molar-refractivity contribution in [2.45, 2.75) is 0 Å². The van der Waals surface area contributed by atoms with Crippen molar-refractivity contribution < 1.29 is 14.7 Å². The van der Waals surface area contributed by atoms with Crippen LogP contribution in [0.3, 0.4) is 0 Å². The maximum absolute atomic E-state index is 10.6. The number of hydrogen-bond acceptors (Lipinski definition) is 2. The molecule has 0 bridgehead atoms. The van der Waals surface area contributed by atoms with Crippen molar-refractivity contribution in [3.63, 3.8) is 0 Å². The first-order valence-electron chi connectivity index (χ1n) is 3.14. The Morgan fingerprint density at radius 1 is 1.50 bits per heavy atom. The molecule has 0 saturated heterocycles. The van der Waals surface area contributed by atoms with Crippen LogP contribution in [-0.4, -0.2) is 17.4 Å². The summed E-state index contributed by atoms with van der Waals surface area (Å²) in [4.78, 5) is 20.9. The van der Waals surface area contributed by atoms with Crippen LogP contribution in [0.2, 0.25) is 5.02 Å². The first kappa shape index (κ1) is 8.74. The summed E-state index contributed by atoms with van der Waals surface area (Å²) in [5, 5.41) is 8.71. The highest BCUT2D eigenvalue weighted by Gasteiger charge is 2.12. The largest absolute Gasteiger partial charge is 0.478 e. The fourth-order valence-electron chi connectivity index (χ4n) is 0.865. The lowest BCUT2D eigenvalue weighted by molar-refractivity contribution is 0.0694. The standard InChI is InChI=1S/C8H5ClO3/c9-6-3-1-2-5(4-10)7(6)8(11)12/h1-4H,(H,11,12). The zero-order valence-electron chi connectivity index (χ0n) is 5.95. The molecule has 0 aliphatic heterocycles. The fraction of sp³-hybridized carbons (Fsp3) is 0. The third-order valence-electron chi connectivity index (χ3n) is 1.39. The van der Waals surface area contributed by atoms with Crippen LogP contribution in [0, 0.1) is 0 Å². The van der Waals surface area contributed by atoms with Crippen LogP contribution in [-0.2, 0) is 0 Å². The monoisotopic (exact) mass is 184 g/mol. The van der Waals surface area contributed by atoms with Gasteiger partial charge in [-0.2, -0.15) is 0 Å². The molecular weight excluding hydrogens is 180 g/mol. The fourth-order valence-corrected chi connectivity index (χ4v) is 1.13. The number of carboxylic acid groups (broad SMARTS) is 1. The molecule has 12 heavy (non-hydrogen) atoms. The quantitative estimate of drug-likeness (QED) is 0.714. The van der Waals surface area contributed by atoms with Crippen molar-refractivity contribution in [1.29, 1.82) is 0 Å². The molecule has 0 heterocycles. The molecule has 0 aliphatic carbocycles. The zero-order chi connectivity index (χ0) is 9.14. The summed E-state index contributed by atoms with van der Waals surface area (Å²) in [6, 6.07) is 4.36. The van der Waals surface area contributed by atoms with Crippen LogP contribution >= 0.6 is 11.6 Å². The van der Waals surface area contributed by atoms with Gasteiger partial charge in [-0.05, 0) is 6.07 Å². The molecule has 3 nitrogen and oxygen atoms in total. The van der Waals surface area contributed by atoms with Crippen molar-refractivity contribution in [3.8, 4) is 0 Å². The third-order valence-corrected chi connectivity index (χ3v) is 1.70. The maximum Gasteiger partial charge on any atom is 0.337 e. The van der Waals surface area contributed by atoms with Gasteiger partial charge in [0.05, 0.1) is 10.6 Å². The zero-order valence-corrected chi connectivity index (χ0v) is 6.71. The Morgan fingerprint density at radius 3 is 2.58 bits per heavy atom. The Bertz CT molecular complexity index is 333. The maximum atomic E-state index is 10.6. The molecule has 1 aromatic rings. The van der Waals surface area contributed by atoms with E-state index in [2.05, 4.69) is 0 Å². The lowest BCUT2D eigenvalue weighted by Crippen LogP contribution is -2.02. The molecule has 0 saturated carbocycles. The van der Waals surface area contributed by atoms with Crippen LogP contribution in [0.15, 0.2) is 18.2 Å². The van der Waals surface area contributed by atoms with E-state index >= 15 is 0 Å². The summed E-state index contributed by atoms with van der Waals surface area (Å²) in [6.45, 7) is 0. The Kier molecular flexibility index (Phi) is 2.45. The average Bonchev–Trinajstić information content (AvgIpc) is 2.03. The van der Waals surface area contributed by atoms with Gasteiger partial charge in [0.2, 0.25) is 0 Å². The molecular formula is C8H5ClO3. The van der Waals surface area contributed by atoms with E-state index in [1.165, 1.54) is 18.2 Å². The summed E-state index contributed by atoms with van der Waals surface area (Å²) < 4.78 is 0. The number of rotatable bonds is 2. The smallest absolute Gasteiger partial charge is 0.337 e. The SMILES string of the molecule is O=Cc1cccc(Cl)c1C(=O)O. The molecule has 0 atom stereocenters. The summed E-state index contributed by atoms with van der Waals surface area (Å²) in [5.74, 6) is -1.19. The van der Waals surface area contributed by atoms with E-state index in [4.69, 9.17) is 16.7 Å². The minimum atomic E-state index is -1.19. The molecule has 0 fully saturated rings. The number of aldehydes is 1.